The molecule has 1 heterocycles. The molecule has 2 aromatic rings. The second-order valence-corrected chi connectivity index (χ2v) is 6.16. The predicted molar refractivity (Wildman–Crippen MR) is 77.7 cm³/mol. The van der Waals surface area contributed by atoms with E-state index in [1.165, 1.54) is 18.3 Å². The van der Waals surface area contributed by atoms with Gasteiger partial charge in [-0.05, 0) is 52.3 Å². The average Bonchev–Trinajstić information content (AvgIpc) is 2.78. The van der Waals surface area contributed by atoms with Crippen LogP contribution in [0.4, 0.5) is 5.69 Å². The fourth-order valence-electron chi connectivity index (χ4n) is 1.39. The second kappa shape index (κ2) is 5.99. The molecule has 0 aliphatic heterocycles. The van der Waals surface area contributed by atoms with Crippen LogP contribution in [0.15, 0.2) is 40.2 Å². The highest BCUT2D eigenvalue weighted by Gasteiger charge is 2.11. The van der Waals surface area contributed by atoms with E-state index >= 15 is 0 Å². The molecule has 0 unspecified atom stereocenters. The lowest BCUT2D eigenvalue weighted by molar-refractivity contribution is -0.114. The molecular weight excluding hydrogens is 330 g/mol. The maximum Gasteiger partial charge on any atom is 0.353 e. The van der Waals surface area contributed by atoms with Crippen LogP contribution in [-0.2, 0) is 4.79 Å². The molecule has 1 N–H and O–H groups in total. The van der Waals surface area contributed by atoms with Crippen molar-refractivity contribution < 1.29 is 14.3 Å². The molecule has 0 spiro atoms. The number of esters is 1. The summed E-state index contributed by atoms with van der Waals surface area (Å²) in [4.78, 5) is 23.2. The Labute approximate surface area is 122 Å². The summed E-state index contributed by atoms with van der Waals surface area (Å²) in [5, 5.41) is 2.64. The highest BCUT2D eigenvalue weighted by Crippen LogP contribution is 2.24. The molecule has 19 heavy (non-hydrogen) atoms. The SMILES string of the molecule is CC(=O)Nc1ccc(OC(=O)c2ccc(Br)s2)cc1. The number of thiophene rings is 1. The molecule has 0 bridgehead atoms. The van der Waals surface area contributed by atoms with Gasteiger partial charge in [0.25, 0.3) is 0 Å². The van der Waals surface area contributed by atoms with Crippen molar-refractivity contribution in [2.24, 2.45) is 0 Å². The number of hydrogen-bond acceptors (Lipinski definition) is 4. The molecule has 0 aliphatic carbocycles. The smallest absolute Gasteiger partial charge is 0.353 e. The summed E-state index contributed by atoms with van der Waals surface area (Å²) in [5.74, 6) is -0.111. The highest BCUT2D eigenvalue weighted by molar-refractivity contribution is 9.11. The summed E-state index contributed by atoms with van der Waals surface area (Å²) < 4.78 is 6.09. The Kier molecular flexibility index (Phi) is 4.34. The number of benzene rings is 1. The van der Waals surface area contributed by atoms with Gasteiger partial charge in [0.1, 0.15) is 10.6 Å². The van der Waals surface area contributed by atoms with Gasteiger partial charge in [0.15, 0.2) is 0 Å². The normalized spacial score (nSPS) is 10.0. The van der Waals surface area contributed by atoms with Crippen molar-refractivity contribution in [1.82, 2.24) is 0 Å². The van der Waals surface area contributed by atoms with E-state index in [1.807, 2.05) is 0 Å². The zero-order chi connectivity index (χ0) is 13.8. The second-order valence-electron chi connectivity index (χ2n) is 3.70. The van der Waals surface area contributed by atoms with E-state index in [2.05, 4.69) is 21.2 Å². The zero-order valence-corrected chi connectivity index (χ0v) is 12.4. The summed E-state index contributed by atoms with van der Waals surface area (Å²) in [7, 11) is 0. The highest BCUT2D eigenvalue weighted by atomic mass is 79.9. The Morgan fingerprint density at radius 1 is 1.16 bits per heavy atom. The van der Waals surface area contributed by atoms with Crippen molar-refractivity contribution in [3.05, 3.63) is 45.1 Å². The third-order valence-corrected chi connectivity index (χ3v) is 3.76. The van der Waals surface area contributed by atoms with E-state index in [-0.39, 0.29) is 5.91 Å². The lowest BCUT2D eigenvalue weighted by Crippen LogP contribution is -2.07. The van der Waals surface area contributed by atoms with Crippen molar-refractivity contribution in [2.75, 3.05) is 5.32 Å². The number of halogens is 1. The number of amides is 1. The predicted octanol–water partition coefficient (Wildman–Crippen LogP) is 3.69. The lowest BCUT2D eigenvalue weighted by atomic mass is 10.3. The molecule has 0 radical (unpaired) electrons. The van der Waals surface area contributed by atoms with E-state index in [0.29, 0.717) is 16.3 Å². The van der Waals surface area contributed by atoms with Gasteiger partial charge in [0.05, 0.1) is 3.79 Å². The van der Waals surface area contributed by atoms with Crippen molar-refractivity contribution in [2.45, 2.75) is 6.92 Å². The largest absolute Gasteiger partial charge is 0.422 e. The van der Waals surface area contributed by atoms with Crippen LogP contribution in [0.3, 0.4) is 0 Å². The van der Waals surface area contributed by atoms with Gasteiger partial charge in [0.2, 0.25) is 5.91 Å². The summed E-state index contributed by atoms with van der Waals surface area (Å²) in [5.41, 5.74) is 0.658. The monoisotopic (exact) mass is 339 g/mol. The Morgan fingerprint density at radius 3 is 2.37 bits per heavy atom. The van der Waals surface area contributed by atoms with Gasteiger partial charge in [-0.1, -0.05) is 0 Å². The fourth-order valence-corrected chi connectivity index (χ4v) is 2.65. The van der Waals surface area contributed by atoms with Crippen LogP contribution in [0, 0.1) is 0 Å². The van der Waals surface area contributed by atoms with Gasteiger partial charge in [-0.2, -0.15) is 0 Å². The third kappa shape index (κ3) is 3.90. The van der Waals surface area contributed by atoms with Crippen molar-refractivity contribution in [3.8, 4) is 5.75 Å². The first-order valence-electron chi connectivity index (χ1n) is 5.40. The molecule has 6 heteroatoms. The van der Waals surface area contributed by atoms with Crippen LogP contribution >= 0.6 is 27.3 Å². The third-order valence-electron chi connectivity index (χ3n) is 2.16. The molecule has 0 fully saturated rings. The molecule has 1 amide bonds. The zero-order valence-electron chi connectivity index (χ0n) is 9.98. The van der Waals surface area contributed by atoms with Crippen LogP contribution in [0.25, 0.3) is 0 Å². The molecule has 0 aliphatic rings. The van der Waals surface area contributed by atoms with E-state index in [1.54, 1.807) is 36.4 Å². The minimum absolute atomic E-state index is 0.145. The number of carbonyl (C=O) groups excluding carboxylic acids is 2. The molecular formula is C13H10BrNO3S. The summed E-state index contributed by atoms with van der Waals surface area (Å²) in [6, 6.07) is 10.1. The van der Waals surface area contributed by atoms with E-state index < -0.39 is 5.97 Å². The van der Waals surface area contributed by atoms with Crippen LogP contribution in [0.1, 0.15) is 16.6 Å². The van der Waals surface area contributed by atoms with Crippen molar-refractivity contribution in [3.63, 3.8) is 0 Å². The number of hydrogen-bond donors (Lipinski definition) is 1. The first kappa shape index (κ1) is 13.8. The maximum atomic E-state index is 11.8. The number of anilines is 1. The Bertz CT molecular complexity index is 607. The molecule has 1 aromatic heterocycles. The first-order chi connectivity index (χ1) is 9.04. The van der Waals surface area contributed by atoms with Gasteiger partial charge in [-0.25, -0.2) is 4.79 Å². The van der Waals surface area contributed by atoms with Gasteiger partial charge < -0.3 is 10.1 Å². The van der Waals surface area contributed by atoms with Crippen LogP contribution in [0.2, 0.25) is 0 Å². The maximum absolute atomic E-state index is 11.8. The number of rotatable bonds is 3. The molecule has 2 rings (SSSR count). The molecule has 1 aromatic carbocycles. The van der Waals surface area contributed by atoms with Gasteiger partial charge in [-0.3, -0.25) is 4.79 Å². The van der Waals surface area contributed by atoms with Crippen LogP contribution < -0.4 is 10.1 Å². The Balaban J connectivity index is 2.03. The lowest BCUT2D eigenvalue weighted by Gasteiger charge is -2.05. The number of nitrogens with one attached hydrogen (secondary N) is 1. The summed E-state index contributed by atoms with van der Waals surface area (Å²) in [6.07, 6.45) is 0. The standard InChI is InChI=1S/C13H10BrNO3S/c1-8(16)15-9-2-4-10(5-3-9)18-13(17)11-6-7-12(14)19-11/h2-7H,1H3,(H,15,16). The Morgan fingerprint density at radius 2 is 1.84 bits per heavy atom. The van der Waals surface area contributed by atoms with Crippen molar-refractivity contribution >= 4 is 44.8 Å². The van der Waals surface area contributed by atoms with E-state index in [4.69, 9.17) is 4.74 Å². The number of ether oxygens (including phenoxy) is 1. The average molecular weight is 340 g/mol. The fraction of sp³-hybridized carbons (Fsp3) is 0.0769. The number of carbonyl (C=O) groups is 2. The molecule has 4 nitrogen and oxygen atoms in total. The first-order valence-corrected chi connectivity index (χ1v) is 7.01. The van der Waals surface area contributed by atoms with Crippen molar-refractivity contribution in [1.29, 1.82) is 0 Å². The molecule has 0 atom stereocenters. The molecule has 0 saturated carbocycles. The summed E-state index contributed by atoms with van der Waals surface area (Å²) >= 11 is 4.60. The minimum atomic E-state index is -0.400. The van der Waals surface area contributed by atoms with Gasteiger partial charge >= 0.3 is 5.97 Å². The molecule has 0 saturated heterocycles. The van der Waals surface area contributed by atoms with Crippen LogP contribution in [0.5, 0.6) is 5.75 Å². The quantitative estimate of drug-likeness (QED) is 0.685. The topological polar surface area (TPSA) is 55.4 Å². The Hall–Kier alpha value is -1.66. The minimum Gasteiger partial charge on any atom is -0.422 e. The molecule has 98 valence electrons. The summed E-state index contributed by atoms with van der Waals surface area (Å²) in [6.45, 7) is 1.43. The van der Waals surface area contributed by atoms with Gasteiger partial charge in [-0.15, -0.1) is 11.3 Å². The van der Waals surface area contributed by atoms with E-state index in [0.717, 1.165) is 3.79 Å². The van der Waals surface area contributed by atoms with Gasteiger partial charge in [0, 0.05) is 12.6 Å². The van der Waals surface area contributed by atoms with Crippen LogP contribution in [-0.4, -0.2) is 11.9 Å². The van der Waals surface area contributed by atoms with E-state index in [9.17, 15) is 9.59 Å².